The number of hydrogen-bond acceptors (Lipinski definition) is 4. The Kier molecular flexibility index (Phi) is 6.35. The summed E-state index contributed by atoms with van der Waals surface area (Å²) in [7, 11) is 0. The number of halogens is 1. The maximum Gasteiger partial charge on any atom is 0.291 e. The van der Waals surface area contributed by atoms with Crippen LogP contribution in [-0.2, 0) is 6.54 Å². The number of fused-ring (bicyclic) bond motifs is 2. The lowest BCUT2D eigenvalue weighted by atomic mass is 9.98. The standard InChI is InChI=1S/C29H26ClNO4/c1-3-4-15-34-21-12-10-19(11-13-21)26-25-27(32)22-16-18(2)9-14-24(22)35-28(25)29(33)31(26)17-20-7-5-6-8-23(20)30/h5-14,16,26H,3-4,15,17H2,1-2H3. The van der Waals surface area contributed by atoms with Crippen molar-refractivity contribution in [3.63, 3.8) is 0 Å². The molecule has 0 spiro atoms. The van der Waals surface area contributed by atoms with Crippen LogP contribution in [0.4, 0.5) is 0 Å². The summed E-state index contributed by atoms with van der Waals surface area (Å²) < 4.78 is 11.9. The predicted octanol–water partition coefficient (Wildman–Crippen LogP) is 6.68. The van der Waals surface area contributed by atoms with Gasteiger partial charge in [0.25, 0.3) is 5.91 Å². The van der Waals surface area contributed by atoms with Crippen molar-refractivity contribution in [2.24, 2.45) is 0 Å². The minimum absolute atomic E-state index is 0.0895. The first kappa shape index (κ1) is 23.2. The van der Waals surface area contributed by atoms with E-state index < -0.39 is 6.04 Å². The van der Waals surface area contributed by atoms with Gasteiger partial charge in [-0.1, -0.05) is 66.9 Å². The van der Waals surface area contributed by atoms with E-state index in [-0.39, 0.29) is 23.6 Å². The molecule has 1 aliphatic rings. The van der Waals surface area contributed by atoms with Crippen molar-refractivity contribution in [1.82, 2.24) is 4.90 Å². The fraction of sp³-hybridized carbons (Fsp3) is 0.241. The van der Waals surface area contributed by atoms with Crippen molar-refractivity contribution in [1.29, 1.82) is 0 Å². The summed E-state index contributed by atoms with van der Waals surface area (Å²) >= 11 is 6.43. The molecule has 4 aromatic rings. The van der Waals surface area contributed by atoms with Crippen molar-refractivity contribution in [3.05, 3.63) is 110 Å². The second-order valence-electron chi connectivity index (χ2n) is 8.87. The second kappa shape index (κ2) is 9.59. The fourth-order valence-electron chi connectivity index (χ4n) is 4.53. The van der Waals surface area contributed by atoms with Gasteiger partial charge < -0.3 is 14.1 Å². The first-order valence-corrected chi connectivity index (χ1v) is 12.2. The zero-order valence-electron chi connectivity index (χ0n) is 19.7. The van der Waals surface area contributed by atoms with Crippen molar-refractivity contribution in [2.75, 3.05) is 6.61 Å². The van der Waals surface area contributed by atoms with E-state index in [9.17, 15) is 9.59 Å². The van der Waals surface area contributed by atoms with Gasteiger partial charge in [-0.05, 0) is 54.8 Å². The number of carbonyl (C=O) groups is 1. The summed E-state index contributed by atoms with van der Waals surface area (Å²) in [5.74, 6) is 0.519. The molecule has 178 valence electrons. The van der Waals surface area contributed by atoms with Gasteiger partial charge in [0.1, 0.15) is 11.3 Å². The largest absolute Gasteiger partial charge is 0.494 e. The molecule has 0 N–H and O–H groups in total. The third-order valence-corrected chi connectivity index (χ3v) is 6.75. The van der Waals surface area contributed by atoms with E-state index in [0.717, 1.165) is 35.3 Å². The highest BCUT2D eigenvalue weighted by atomic mass is 35.5. The number of nitrogens with zero attached hydrogens (tertiary/aromatic N) is 1. The predicted molar refractivity (Wildman–Crippen MR) is 137 cm³/mol. The van der Waals surface area contributed by atoms with Gasteiger partial charge in [0.2, 0.25) is 5.76 Å². The van der Waals surface area contributed by atoms with Crippen molar-refractivity contribution < 1.29 is 13.9 Å². The zero-order chi connectivity index (χ0) is 24.5. The lowest BCUT2D eigenvalue weighted by Crippen LogP contribution is -2.29. The molecule has 0 aliphatic carbocycles. The number of rotatable bonds is 7. The molecule has 0 saturated carbocycles. The van der Waals surface area contributed by atoms with E-state index in [1.54, 1.807) is 17.0 Å². The second-order valence-corrected chi connectivity index (χ2v) is 9.28. The molecule has 1 amide bonds. The van der Waals surface area contributed by atoms with E-state index in [4.69, 9.17) is 20.8 Å². The van der Waals surface area contributed by atoms with E-state index in [1.807, 2.05) is 61.5 Å². The Morgan fingerprint density at radius 1 is 1.03 bits per heavy atom. The summed E-state index contributed by atoms with van der Waals surface area (Å²) in [5, 5.41) is 1.04. The highest BCUT2D eigenvalue weighted by molar-refractivity contribution is 6.31. The molecule has 2 heterocycles. The fourth-order valence-corrected chi connectivity index (χ4v) is 4.73. The van der Waals surface area contributed by atoms with Gasteiger partial charge in [-0.3, -0.25) is 9.59 Å². The first-order chi connectivity index (χ1) is 17.0. The maximum absolute atomic E-state index is 13.7. The molecule has 0 fully saturated rings. The maximum atomic E-state index is 13.7. The van der Waals surface area contributed by atoms with Crippen LogP contribution in [0.2, 0.25) is 5.02 Å². The Morgan fingerprint density at radius 3 is 2.54 bits per heavy atom. The Labute approximate surface area is 208 Å². The molecule has 6 heteroatoms. The number of benzene rings is 3. The quantitative estimate of drug-likeness (QED) is 0.273. The SMILES string of the molecule is CCCCOc1ccc(C2c3c(oc4ccc(C)cc4c3=O)C(=O)N2Cc2ccccc2Cl)cc1. The Balaban J connectivity index is 1.63. The first-order valence-electron chi connectivity index (χ1n) is 11.8. The molecule has 1 aromatic heterocycles. The third kappa shape index (κ3) is 4.32. The van der Waals surface area contributed by atoms with E-state index in [0.29, 0.717) is 28.2 Å². The van der Waals surface area contributed by atoms with Crippen molar-refractivity contribution >= 4 is 28.5 Å². The van der Waals surface area contributed by atoms with E-state index in [1.165, 1.54) is 0 Å². The van der Waals surface area contributed by atoms with Crippen LogP contribution in [-0.4, -0.2) is 17.4 Å². The molecule has 35 heavy (non-hydrogen) atoms. The number of unbranched alkanes of at least 4 members (excludes halogenated alkanes) is 1. The molecule has 5 rings (SSSR count). The minimum Gasteiger partial charge on any atom is -0.494 e. The lowest BCUT2D eigenvalue weighted by Gasteiger charge is -2.25. The Morgan fingerprint density at radius 2 is 1.80 bits per heavy atom. The van der Waals surface area contributed by atoms with Gasteiger partial charge in [0.05, 0.1) is 23.6 Å². The Hall–Kier alpha value is -3.57. The average molecular weight is 488 g/mol. The van der Waals surface area contributed by atoms with Gasteiger partial charge >= 0.3 is 0 Å². The highest BCUT2D eigenvalue weighted by Crippen LogP contribution is 2.40. The normalized spacial score (nSPS) is 15.0. The van der Waals surface area contributed by atoms with Gasteiger partial charge in [-0.25, -0.2) is 0 Å². The highest BCUT2D eigenvalue weighted by Gasteiger charge is 2.42. The van der Waals surface area contributed by atoms with Gasteiger partial charge in [-0.15, -0.1) is 0 Å². The number of amides is 1. The topological polar surface area (TPSA) is 59.8 Å². The zero-order valence-corrected chi connectivity index (χ0v) is 20.5. The third-order valence-electron chi connectivity index (χ3n) is 6.38. The smallest absolute Gasteiger partial charge is 0.291 e. The van der Waals surface area contributed by atoms with Gasteiger partial charge in [0, 0.05) is 11.6 Å². The van der Waals surface area contributed by atoms with Crippen LogP contribution in [0.5, 0.6) is 5.75 Å². The van der Waals surface area contributed by atoms with Gasteiger partial charge in [0.15, 0.2) is 5.43 Å². The molecule has 1 atom stereocenters. The van der Waals surface area contributed by atoms with Crippen LogP contribution in [0.3, 0.4) is 0 Å². The van der Waals surface area contributed by atoms with E-state index >= 15 is 0 Å². The van der Waals surface area contributed by atoms with Crippen LogP contribution in [0.15, 0.2) is 75.9 Å². The van der Waals surface area contributed by atoms with E-state index in [2.05, 4.69) is 6.92 Å². The summed E-state index contributed by atoms with van der Waals surface area (Å²) in [6, 6.07) is 19.8. The van der Waals surface area contributed by atoms with Crippen LogP contribution in [0, 0.1) is 6.92 Å². The average Bonchev–Trinajstić information content (AvgIpc) is 3.13. The number of ether oxygens (including phenoxy) is 1. The molecule has 1 unspecified atom stereocenters. The summed E-state index contributed by atoms with van der Waals surface area (Å²) in [6.45, 7) is 4.94. The molecule has 1 aliphatic heterocycles. The van der Waals surface area contributed by atoms with Crippen LogP contribution in [0.25, 0.3) is 11.0 Å². The monoisotopic (exact) mass is 487 g/mol. The Bertz CT molecular complexity index is 1460. The van der Waals surface area contributed by atoms with Gasteiger partial charge in [-0.2, -0.15) is 0 Å². The van der Waals surface area contributed by atoms with Crippen LogP contribution < -0.4 is 10.2 Å². The molecular weight excluding hydrogens is 462 g/mol. The molecule has 3 aromatic carbocycles. The van der Waals surface area contributed by atoms with Crippen molar-refractivity contribution in [3.8, 4) is 5.75 Å². The molecular formula is C29H26ClNO4. The summed E-state index contributed by atoms with van der Waals surface area (Å²) in [5.41, 5.74) is 3.14. The number of aryl methyl sites for hydroxylation is 1. The van der Waals surface area contributed by atoms with Crippen LogP contribution in [0.1, 0.15) is 58.6 Å². The lowest BCUT2D eigenvalue weighted by molar-refractivity contribution is 0.0714. The van der Waals surface area contributed by atoms with Crippen LogP contribution >= 0.6 is 11.6 Å². The molecule has 5 nitrogen and oxygen atoms in total. The summed E-state index contributed by atoms with van der Waals surface area (Å²) in [4.78, 5) is 29.0. The van der Waals surface area contributed by atoms with Crippen molar-refractivity contribution in [2.45, 2.75) is 39.3 Å². The molecule has 0 radical (unpaired) electrons. The molecule has 0 saturated heterocycles. The number of carbonyl (C=O) groups excluding carboxylic acids is 1. The minimum atomic E-state index is -0.598. The molecule has 0 bridgehead atoms. The summed E-state index contributed by atoms with van der Waals surface area (Å²) in [6.07, 6.45) is 2.03. The number of hydrogen-bond donors (Lipinski definition) is 0.